The Morgan fingerprint density at radius 1 is 0.380 bits per heavy atom. The van der Waals surface area contributed by atoms with Crippen LogP contribution in [-0.4, -0.2) is 483 Å². The first-order valence-electron chi connectivity index (χ1n) is 52.5. The summed E-state index contributed by atoms with van der Waals surface area (Å²) in [5.41, 5.74) is 0. The molecule has 5 amide bonds. The number of amides is 5. The van der Waals surface area contributed by atoms with Gasteiger partial charge in [-0.15, -0.1) is 0 Å². The molecule has 0 spiro atoms. The Labute approximate surface area is 869 Å². The number of ether oxygens (including phenoxy) is 14. The second-order valence-corrected chi connectivity index (χ2v) is 40.0. The van der Waals surface area contributed by atoms with Crippen LogP contribution in [0.3, 0.4) is 0 Å². The van der Waals surface area contributed by atoms with Gasteiger partial charge in [0.25, 0.3) is 17.4 Å². The third kappa shape index (κ3) is 37.3. The number of carbonyl (C=O) groups is 8. The van der Waals surface area contributed by atoms with Crippen molar-refractivity contribution in [3.8, 4) is 0 Å². The average molecular weight is 2170 g/mol. The van der Waals surface area contributed by atoms with Crippen molar-refractivity contribution >= 4 is 47.4 Å². The molecule has 0 aromatic rings. The van der Waals surface area contributed by atoms with Crippen LogP contribution in [0.15, 0.2) is 12.2 Å². The van der Waals surface area contributed by atoms with Gasteiger partial charge in [0.15, 0.2) is 25.2 Å². The largest absolute Gasteiger partial charge is 0.477 e. The van der Waals surface area contributed by atoms with Crippen molar-refractivity contribution in [1.29, 1.82) is 0 Å². The highest BCUT2D eigenvalue weighted by Crippen LogP contribution is 2.45. The average Bonchev–Trinajstić information content (AvgIpc) is 0.740. The van der Waals surface area contributed by atoms with Crippen molar-refractivity contribution in [3.05, 3.63) is 12.2 Å². The minimum atomic E-state index is -3.88. The summed E-state index contributed by atoms with van der Waals surface area (Å²) < 4.78 is 84.9. The minimum Gasteiger partial charge on any atom is -0.477 e. The third-order valence-electron chi connectivity index (χ3n) is 28.2. The molecule has 870 valence electrons. The molecule has 40 atom stereocenters. The van der Waals surface area contributed by atoms with E-state index in [0.717, 1.165) is 104 Å². The zero-order valence-corrected chi connectivity index (χ0v) is 85.8. The number of hydrogen-bond acceptors (Lipinski definition) is 45. The molecule has 7 rings (SSSR count). The van der Waals surface area contributed by atoms with E-state index >= 15 is 0 Å². The Morgan fingerprint density at radius 2 is 0.773 bits per heavy atom. The lowest BCUT2D eigenvalue weighted by atomic mass is 9.87. The van der Waals surface area contributed by atoms with Crippen LogP contribution in [0.1, 0.15) is 247 Å². The van der Waals surface area contributed by atoms with Gasteiger partial charge in [0.2, 0.25) is 29.5 Å². The maximum Gasteiger partial charge on any atom is 0.364 e. The first-order chi connectivity index (χ1) is 71.4. The molecule has 0 bridgehead atoms. The number of unbranched alkanes of at least 4 members (excludes halogenated alkanes) is 27. The minimum absolute atomic E-state index is 0.0322. The molecule has 14 unspecified atom stereocenters. The van der Waals surface area contributed by atoms with Crippen molar-refractivity contribution in [2.75, 3.05) is 59.5 Å². The summed E-state index contributed by atoms with van der Waals surface area (Å²) in [5.74, 6) is -22.8. The Bertz CT molecular complexity index is 3980. The number of hydrogen-bond donors (Lipinski definition) is 31. The molecule has 150 heavy (non-hydrogen) atoms. The highest BCUT2D eigenvalue weighted by Gasteiger charge is 2.66. The van der Waals surface area contributed by atoms with Gasteiger partial charge < -0.3 is 226 Å². The summed E-state index contributed by atoms with van der Waals surface area (Å²) in [6, 6.07) is -9.71. The van der Waals surface area contributed by atoms with Gasteiger partial charge in [-0.2, -0.15) is 0 Å². The van der Waals surface area contributed by atoms with E-state index in [2.05, 4.69) is 35.1 Å². The highest BCUT2D eigenvalue weighted by atomic mass is 16.8. The fourth-order valence-electron chi connectivity index (χ4n) is 19.7. The second kappa shape index (κ2) is 65.4. The molecular formula is C97H169N5O48. The van der Waals surface area contributed by atoms with E-state index in [-0.39, 0.29) is 6.42 Å². The number of nitrogens with one attached hydrogen (secondary N) is 5. The number of aliphatic carboxylic acids is 3. The molecule has 31 N–H and O–H groups in total. The number of carboxylic acid groups (broad SMARTS) is 3. The number of carboxylic acids is 3. The third-order valence-corrected chi connectivity index (χ3v) is 28.2. The zero-order valence-electron chi connectivity index (χ0n) is 85.8. The quantitative estimate of drug-likeness (QED) is 0.0199. The molecule has 7 saturated heterocycles. The topological polar surface area (TPSA) is 852 Å². The van der Waals surface area contributed by atoms with Crippen molar-refractivity contribution in [1.82, 2.24) is 26.6 Å². The first-order valence-corrected chi connectivity index (χ1v) is 52.5. The van der Waals surface area contributed by atoms with Crippen LogP contribution in [0.5, 0.6) is 0 Å². The van der Waals surface area contributed by atoms with Crippen LogP contribution in [0.4, 0.5) is 0 Å². The molecule has 7 heterocycles. The molecule has 53 nitrogen and oxygen atoms in total. The van der Waals surface area contributed by atoms with Gasteiger partial charge in [-0.3, -0.25) is 24.0 Å². The smallest absolute Gasteiger partial charge is 0.364 e. The maximum atomic E-state index is 14.8. The Morgan fingerprint density at radius 3 is 1.24 bits per heavy atom. The lowest BCUT2D eigenvalue weighted by Gasteiger charge is -2.53. The molecule has 0 saturated carbocycles. The number of carbonyl (C=O) groups excluding carboxylic acids is 5. The van der Waals surface area contributed by atoms with Crippen LogP contribution in [0.2, 0.25) is 0 Å². The van der Waals surface area contributed by atoms with E-state index in [4.69, 9.17) is 66.3 Å². The number of allylic oxidation sites excluding steroid dienone is 1. The molecule has 0 aliphatic carbocycles. The SMILES string of the molecule is CCCCCCCCCCCCC/C=C/[C@@H](O)[C@H](CO[C@@H]1OC(CO)[C@@H](O[C@@H]2OC(CO)[C@H](O[C@@H]3OC(CO[C@]4(C(=O)O)CC(O)[C@@H](NC(C)=O)C([C@H](O)[C@H](O)CO)O4)[C@H](O)[C@H](O[C@@H]4OC(CO)[C@H](O)[C@H](O)C4O)C3NC(C)=O)[C@H](O[C@]3(C(=O)O)CC(O)[C@@H](NC(C)=O)C([C@H](O)[C@@H](CO)O[C@]4(C(=O)O)CC(O)[C@@H](NC(=O)CO)C([C@H](O)[C@H](O)CO)O4)O3)C2O)[C@H](O)C1O)NC(=O)CCCCCCCCCCCCCCCCCCC. The summed E-state index contributed by atoms with van der Waals surface area (Å²) in [6.45, 7) is -4.79. The van der Waals surface area contributed by atoms with E-state index in [1.165, 1.54) is 96.0 Å². The summed E-state index contributed by atoms with van der Waals surface area (Å²) in [7, 11) is 0. The Balaban J connectivity index is 1.29. The molecule has 0 aromatic carbocycles. The molecule has 0 aromatic heterocycles. The van der Waals surface area contributed by atoms with Gasteiger partial charge >= 0.3 is 17.9 Å². The maximum absolute atomic E-state index is 14.8. The number of aliphatic hydroxyl groups excluding tert-OH is 23. The van der Waals surface area contributed by atoms with Crippen LogP contribution < -0.4 is 26.6 Å². The Kier molecular flexibility index (Phi) is 57.1. The second-order valence-electron chi connectivity index (χ2n) is 40.0. The van der Waals surface area contributed by atoms with Crippen molar-refractivity contribution in [3.63, 3.8) is 0 Å². The van der Waals surface area contributed by atoms with Gasteiger partial charge in [-0.1, -0.05) is 193 Å². The van der Waals surface area contributed by atoms with Crippen molar-refractivity contribution in [2.24, 2.45) is 0 Å². The van der Waals surface area contributed by atoms with Crippen LogP contribution in [-0.2, 0) is 105 Å². The molecule has 7 fully saturated rings. The van der Waals surface area contributed by atoms with Crippen molar-refractivity contribution in [2.45, 2.75) is 490 Å². The van der Waals surface area contributed by atoms with Gasteiger partial charge in [-0.25, -0.2) is 14.4 Å². The number of aliphatic hydroxyl groups is 23. The van der Waals surface area contributed by atoms with Crippen LogP contribution >= 0.6 is 0 Å². The van der Waals surface area contributed by atoms with Crippen LogP contribution in [0, 0.1) is 0 Å². The van der Waals surface area contributed by atoms with E-state index < -0.39 is 370 Å². The zero-order chi connectivity index (χ0) is 111. The van der Waals surface area contributed by atoms with Gasteiger partial charge in [0.1, 0.15) is 159 Å². The normalized spacial score (nSPS) is 35.0. The molecule has 7 aliphatic rings. The van der Waals surface area contributed by atoms with Gasteiger partial charge in [0.05, 0.1) is 101 Å². The fourth-order valence-corrected chi connectivity index (χ4v) is 19.7. The monoisotopic (exact) mass is 2170 g/mol. The lowest BCUT2D eigenvalue weighted by molar-refractivity contribution is -0.405. The standard InChI is InChI=1S/C97H169N5O48/c1-6-8-10-12-14-16-18-20-21-22-23-25-27-29-31-33-35-37-65(119)101-53(54(113)36-34-32-30-28-26-24-19-17-15-13-11-9-7-2)48-137-89-79(129)77(127)81(62(45-107)140-89)143-91-80(130)87(150-97(94(135)136)40-56(115)68(99-51(4)111)86(149-97)74(124)61(44-106)146-96(93(133)134)39-57(116)69(102-66(120)47-109)85(148-96)72(122)59(118)42-104)82(63(46-108)141-91)144-88-70(100-52(5)112)83(145-90-78(128)76(126)73(123)60(43-105)139-90)75(125)64(142-88)49-138-95(92(131)132)38-55(114)67(98-50(3)110)84(147-95)71(121)58(117)41-103/h34,36,53-64,67-91,103-109,113-118,121-130H,6-33,35,37-49H2,1-5H3,(H,98,110)(H,99,111)(H,100,112)(H,101,119)(H,102,120)(H,131,132)(H,133,134)(H,135,136)/b36-34+/t53-,54+,55?,56?,57?,58+,59+,60?,61+,62?,63?,64?,67+,68+,69+,70?,71+,72+,73-,74+,75-,76-,77+,78?,79?,80?,81+,82-,83+,84?,85?,86?,87+,88-,89+,90-,91-,95+,96+,97-/m0/s1. The van der Waals surface area contributed by atoms with Gasteiger partial charge in [-0.05, 0) is 19.3 Å². The summed E-state index contributed by atoms with van der Waals surface area (Å²) >= 11 is 0. The van der Waals surface area contributed by atoms with E-state index in [0.29, 0.717) is 12.8 Å². The first kappa shape index (κ1) is 131. The highest BCUT2D eigenvalue weighted by molar-refractivity contribution is 5.79. The van der Waals surface area contributed by atoms with Crippen molar-refractivity contribution < 1.29 is 237 Å². The number of rotatable bonds is 69. The molecule has 53 heteroatoms. The summed E-state index contributed by atoms with van der Waals surface area (Å²) in [4.78, 5) is 108. The molecule has 0 radical (unpaired) electrons. The van der Waals surface area contributed by atoms with E-state index in [9.17, 15) is 171 Å². The predicted octanol–water partition coefficient (Wildman–Crippen LogP) is -6.94. The summed E-state index contributed by atoms with van der Waals surface area (Å²) in [5, 5.41) is 308. The fraction of sp³-hybridized carbons (Fsp3) is 0.897. The molecule has 7 aliphatic heterocycles. The van der Waals surface area contributed by atoms with E-state index in [1.807, 2.05) is 5.32 Å². The molecular weight excluding hydrogens is 2000 g/mol. The van der Waals surface area contributed by atoms with E-state index in [1.54, 1.807) is 6.08 Å². The summed E-state index contributed by atoms with van der Waals surface area (Å²) in [6.07, 6.45) is -46.7. The predicted molar refractivity (Wildman–Crippen MR) is 512 cm³/mol. The lowest BCUT2D eigenvalue weighted by Crippen LogP contribution is -2.73. The van der Waals surface area contributed by atoms with Crippen LogP contribution in [0.25, 0.3) is 0 Å². The van der Waals surface area contributed by atoms with Gasteiger partial charge in [0, 0.05) is 46.5 Å². The Hall–Kier alpha value is -5.98.